The normalized spacial score (nSPS) is 43.9. The molecule has 3 heterocycles. The second-order valence-corrected chi connectivity index (χ2v) is 8.17. The van der Waals surface area contributed by atoms with Gasteiger partial charge in [0, 0.05) is 17.6 Å². The van der Waals surface area contributed by atoms with Crippen molar-refractivity contribution in [1.29, 1.82) is 0 Å². The zero-order valence-electron chi connectivity index (χ0n) is 16.8. The number of aliphatic hydroxyl groups excluding tert-OH is 4. The van der Waals surface area contributed by atoms with Crippen LogP contribution in [0.25, 0.3) is 0 Å². The summed E-state index contributed by atoms with van der Waals surface area (Å²) in [5.41, 5.74) is 1.52. The predicted molar refractivity (Wildman–Crippen MR) is 102 cm³/mol. The van der Waals surface area contributed by atoms with Crippen LogP contribution in [-0.4, -0.2) is 88.5 Å². The van der Waals surface area contributed by atoms with Crippen LogP contribution in [0.1, 0.15) is 19.3 Å². The highest BCUT2D eigenvalue weighted by Gasteiger charge is 2.48. The molecule has 4 N–H and O–H groups in total. The molecule has 0 unspecified atom stereocenters. The molecule has 4 rings (SSSR count). The van der Waals surface area contributed by atoms with E-state index in [1.807, 2.05) is 0 Å². The van der Waals surface area contributed by atoms with Gasteiger partial charge in [0.2, 0.25) is 0 Å². The van der Waals surface area contributed by atoms with Crippen LogP contribution in [0.4, 0.5) is 0 Å². The fourth-order valence-electron chi connectivity index (χ4n) is 4.36. The molecule has 8 atom stereocenters. The lowest BCUT2D eigenvalue weighted by Gasteiger charge is -2.39. The van der Waals surface area contributed by atoms with Crippen LogP contribution in [0.2, 0.25) is 0 Å². The van der Waals surface area contributed by atoms with Crippen molar-refractivity contribution in [3.8, 4) is 0 Å². The van der Waals surface area contributed by atoms with Crippen molar-refractivity contribution in [3.63, 3.8) is 0 Å². The number of ether oxygens (including phenoxy) is 4. The van der Waals surface area contributed by atoms with E-state index in [1.165, 1.54) is 0 Å². The molecule has 0 radical (unpaired) electrons. The molecule has 170 valence electrons. The summed E-state index contributed by atoms with van der Waals surface area (Å²) in [6.07, 6.45) is -3.18. The van der Waals surface area contributed by atoms with Gasteiger partial charge in [-0.05, 0) is 24.5 Å². The summed E-state index contributed by atoms with van der Waals surface area (Å²) in [7, 11) is 0. The number of hydrogen-bond acceptors (Lipinski definition) is 10. The Morgan fingerprint density at radius 2 is 1.87 bits per heavy atom. The van der Waals surface area contributed by atoms with Crippen molar-refractivity contribution < 1.29 is 49.0 Å². The minimum atomic E-state index is -1.54. The molecule has 4 aliphatic rings. The zero-order chi connectivity index (χ0) is 22.3. The van der Waals surface area contributed by atoms with Gasteiger partial charge >= 0.3 is 11.9 Å². The summed E-state index contributed by atoms with van der Waals surface area (Å²) in [5.74, 6) is -1.46. The third-order valence-corrected chi connectivity index (χ3v) is 6.14. The molecule has 10 heteroatoms. The number of carbonyl (C=O) groups excluding carboxylic acids is 2. The monoisotopic (exact) mass is 438 g/mol. The zero-order valence-corrected chi connectivity index (χ0v) is 16.8. The second-order valence-electron chi connectivity index (χ2n) is 8.17. The molecule has 0 saturated carbocycles. The van der Waals surface area contributed by atoms with E-state index < -0.39 is 67.4 Å². The van der Waals surface area contributed by atoms with Gasteiger partial charge in [0.05, 0.1) is 19.1 Å². The minimum Gasteiger partial charge on any atom is -0.458 e. The summed E-state index contributed by atoms with van der Waals surface area (Å²) in [5, 5.41) is 39.3. The molecule has 0 amide bonds. The Bertz CT molecular complexity index is 815. The standard InChI is InChI=1S/C21H26O10/c1-9-15-12(29-19(9)26)5-10(3-2-4-11-6-13(15)30-20(11)27)8-28-21-18(25)17(24)16(23)14(7-22)31-21/h4-5,12-18,21-25H,1-3,6-8H2/b10-5-,11-4+/t12-,13+,14-,15+,16-,17+,18-,21-/m1/s1. The van der Waals surface area contributed by atoms with Crippen molar-refractivity contribution in [2.45, 2.75) is 62.2 Å². The maximum absolute atomic E-state index is 12.1. The Morgan fingerprint density at radius 1 is 1.10 bits per heavy atom. The molecule has 0 aromatic rings. The Balaban J connectivity index is 1.52. The summed E-state index contributed by atoms with van der Waals surface area (Å²) < 4.78 is 21.9. The second kappa shape index (κ2) is 8.81. The molecule has 3 fully saturated rings. The van der Waals surface area contributed by atoms with E-state index in [-0.39, 0.29) is 12.2 Å². The van der Waals surface area contributed by atoms with Crippen molar-refractivity contribution in [2.24, 2.45) is 5.92 Å². The van der Waals surface area contributed by atoms with E-state index in [0.29, 0.717) is 24.8 Å². The molecule has 2 bridgehead atoms. The Hall–Kier alpha value is -2.08. The van der Waals surface area contributed by atoms with E-state index >= 15 is 0 Å². The summed E-state index contributed by atoms with van der Waals surface area (Å²) in [4.78, 5) is 24.3. The van der Waals surface area contributed by atoms with E-state index in [2.05, 4.69) is 6.58 Å². The van der Waals surface area contributed by atoms with E-state index in [0.717, 1.165) is 5.57 Å². The average Bonchev–Trinajstić information content (AvgIpc) is 3.23. The number of hydrogen-bond donors (Lipinski definition) is 4. The van der Waals surface area contributed by atoms with Gasteiger partial charge in [-0.15, -0.1) is 0 Å². The Labute approximate surface area is 178 Å². The average molecular weight is 438 g/mol. The number of esters is 2. The highest BCUT2D eigenvalue weighted by Crippen LogP contribution is 2.39. The van der Waals surface area contributed by atoms with Crippen LogP contribution >= 0.6 is 0 Å². The minimum absolute atomic E-state index is 0.0292. The molecule has 10 nitrogen and oxygen atoms in total. The highest BCUT2D eigenvalue weighted by atomic mass is 16.7. The van der Waals surface area contributed by atoms with Gasteiger partial charge in [-0.1, -0.05) is 12.7 Å². The van der Waals surface area contributed by atoms with Crippen LogP contribution in [0.15, 0.2) is 35.5 Å². The van der Waals surface area contributed by atoms with Gasteiger partial charge in [0.1, 0.15) is 36.6 Å². The van der Waals surface area contributed by atoms with Gasteiger partial charge < -0.3 is 39.4 Å². The first-order valence-corrected chi connectivity index (χ1v) is 10.2. The van der Waals surface area contributed by atoms with Gasteiger partial charge in [-0.3, -0.25) is 0 Å². The molecular weight excluding hydrogens is 412 g/mol. The van der Waals surface area contributed by atoms with Crippen LogP contribution in [0, 0.1) is 5.92 Å². The van der Waals surface area contributed by atoms with Crippen molar-refractivity contribution >= 4 is 11.9 Å². The lowest BCUT2D eigenvalue weighted by Crippen LogP contribution is -2.59. The molecule has 31 heavy (non-hydrogen) atoms. The Kier molecular flexibility index (Phi) is 6.29. The molecule has 3 aliphatic heterocycles. The fourth-order valence-corrected chi connectivity index (χ4v) is 4.36. The predicted octanol–water partition coefficient (Wildman–Crippen LogP) is -1.14. The fraction of sp³-hybridized carbons (Fsp3) is 0.619. The molecule has 0 aromatic carbocycles. The summed E-state index contributed by atoms with van der Waals surface area (Å²) in [6.45, 7) is 3.21. The molecule has 3 saturated heterocycles. The maximum Gasteiger partial charge on any atom is 0.334 e. The summed E-state index contributed by atoms with van der Waals surface area (Å²) >= 11 is 0. The third kappa shape index (κ3) is 4.19. The van der Waals surface area contributed by atoms with Crippen LogP contribution < -0.4 is 0 Å². The largest absolute Gasteiger partial charge is 0.458 e. The van der Waals surface area contributed by atoms with Gasteiger partial charge in [0.25, 0.3) is 0 Å². The molecule has 0 spiro atoms. The molecule has 0 aromatic heterocycles. The number of aliphatic hydroxyl groups is 4. The van der Waals surface area contributed by atoms with E-state index in [9.17, 15) is 30.0 Å². The van der Waals surface area contributed by atoms with Crippen LogP contribution in [0.5, 0.6) is 0 Å². The quantitative estimate of drug-likeness (QED) is 0.241. The Morgan fingerprint density at radius 3 is 2.61 bits per heavy atom. The van der Waals surface area contributed by atoms with E-state index in [4.69, 9.17) is 18.9 Å². The highest BCUT2D eigenvalue weighted by molar-refractivity contribution is 5.93. The molecular formula is C21H26O10. The topological polar surface area (TPSA) is 152 Å². The van der Waals surface area contributed by atoms with Gasteiger partial charge in [-0.25, -0.2) is 9.59 Å². The van der Waals surface area contributed by atoms with Crippen LogP contribution in [0.3, 0.4) is 0 Å². The first kappa shape index (κ1) is 22.1. The van der Waals surface area contributed by atoms with Gasteiger partial charge in [0.15, 0.2) is 6.29 Å². The number of allylic oxidation sites excluding steroid dienone is 1. The smallest absolute Gasteiger partial charge is 0.334 e. The first-order chi connectivity index (χ1) is 14.8. The molecule has 1 aliphatic carbocycles. The number of rotatable bonds is 4. The lowest BCUT2D eigenvalue weighted by molar-refractivity contribution is -0.299. The SMILES string of the molecule is C=C1C(=O)O[C@@H]2/C=C(\CO[C@@H]3O[C@H](CO)[C@@H](O)[C@H](O)[C@H]3O)CC/C=C3\C[C@H](OC3=O)[C@@H]12. The maximum atomic E-state index is 12.1. The summed E-state index contributed by atoms with van der Waals surface area (Å²) in [6, 6.07) is 0. The van der Waals surface area contributed by atoms with E-state index in [1.54, 1.807) is 12.2 Å². The third-order valence-electron chi connectivity index (χ3n) is 6.14. The van der Waals surface area contributed by atoms with Crippen LogP contribution in [-0.2, 0) is 28.5 Å². The van der Waals surface area contributed by atoms with Crippen molar-refractivity contribution in [2.75, 3.05) is 13.2 Å². The van der Waals surface area contributed by atoms with Crippen molar-refractivity contribution in [1.82, 2.24) is 0 Å². The van der Waals surface area contributed by atoms with Gasteiger partial charge in [-0.2, -0.15) is 0 Å². The number of carbonyl (C=O) groups is 2. The number of fused-ring (bicyclic) bond motifs is 4. The van der Waals surface area contributed by atoms with Crippen molar-refractivity contribution in [3.05, 3.63) is 35.5 Å². The first-order valence-electron chi connectivity index (χ1n) is 10.2. The lowest BCUT2D eigenvalue weighted by atomic mass is 9.86.